The molecular formula is C12H26N2O2S. The van der Waals surface area contributed by atoms with Gasteiger partial charge in [-0.05, 0) is 38.6 Å². The molecule has 0 heterocycles. The normalized spacial score (nSPS) is 18.9. The molecule has 0 radical (unpaired) electrons. The molecule has 1 aliphatic rings. The molecule has 5 heteroatoms. The molecule has 1 unspecified atom stereocenters. The minimum Gasteiger partial charge on any atom is -0.314 e. The molecule has 0 amide bonds. The summed E-state index contributed by atoms with van der Waals surface area (Å²) in [6.07, 6.45) is 3.04. The highest BCUT2D eigenvalue weighted by atomic mass is 32.2. The Morgan fingerprint density at radius 2 is 1.88 bits per heavy atom. The fourth-order valence-electron chi connectivity index (χ4n) is 1.92. The lowest BCUT2D eigenvalue weighted by molar-refractivity contribution is 0.356. The fourth-order valence-corrected chi connectivity index (χ4v) is 3.39. The fraction of sp³-hybridized carbons (Fsp3) is 1.00. The van der Waals surface area contributed by atoms with Crippen LogP contribution in [0.5, 0.6) is 0 Å². The standard InChI is InChI=1S/C12H26N2O2S/c1-10(2)13-8-5-9-17(15,16)14(4)11(3)12-6-7-12/h10-13H,5-9H2,1-4H3. The number of sulfonamides is 1. The van der Waals surface area contributed by atoms with Crippen LogP contribution >= 0.6 is 0 Å². The highest BCUT2D eigenvalue weighted by molar-refractivity contribution is 7.89. The van der Waals surface area contributed by atoms with Crippen molar-refractivity contribution in [2.24, 2.45) is 5.92 Å². The second-order valence-electron chi connectivity index (χ2n) is 5.37. The van der Waals surface area contributed by atoms with Gasteiger partial charge in [-0.15, -0.1) is 0 Å². The molecule has 102 valence electrons. The summed E-state index contributed by atoms with van der Waals surface area (Å²) < 4.78 is 25.7. The summed E-state index contributed by atoms with van der Waals surface area (Å²) in [5.74, 6) is 0.837. The number of rotatable bonds is 8. The van der Waals surface area contributed by atoms with Gasteiger partial charge in [-0.1, -0.05) is 13.8 Å². The SMILES string of the molecule is CC(C)NCCCS(=O)(=O)N(C)C(C)C1CC1. The van der Waals surface area contributed by atoms with E-state index in [4.69, 9.17) is 0 Å². The minimum atomic E-state index is -3.07. The Morgan fingerprint density at radius 1 is 1.29 bits per heavy atom. The van der Waals surface area contributed by atoms with Crippen LogP contribution in [0.25, 0.3) is 0 Å². The van der Waals surface area contributed by atoms with Crippen molar-refractivity contribution in [2.75, 3.05) is 19.3 Å². The van der Waals surface area contributed by atoms with E-state index in [0.29, 0.717) is 18.4 Å². The summed E-state index contributed by atoms with van der Waals surface area (Å²) in [5, 5.41) is 3.24. The van der Waals surface area contributed by atoms with Crippen LogP contribution in [0, 0.1) is 5.92 Å². The van der Waals surface area contributed by atoms with Crippen molar-refractivity contribution in [3.05, 3.63) is 0 Å². The van der Waals surface area contributed by atoms with Crippen LogP contribution in [0.1, 0.15) is 40.0 Å². The average Bonchev–Trinajstić information content (AvgIpc) is 3.05. The first kappa shape index (κ1) is 14.9. The Labute approximate surface area is 106 Å². The summed E-state index contributed by atoms with van der Waals surface area (Å²) in [6.45, 7) is 6.91. The topological polar surface area (TPSA) is 49.4 Å². The molecule has 1 rings (SSSR count). The molecular weight excluding hydrogens is 236 g/mol. The zero-order chi connectivity index (χ0) is 13.1. The molecule has 0 saturated heterocycles. The van der Waals surface area contributed by atoms with Crippen molar-refractivity contribution in [3.8, 4) is 0 Å². The van der Waals surface area contributed by atoms with Gasteiger partial charge in [-0.3, -0.25) is 0 Å². The predicted octanol–water partition coefficient (Wildman–Crippen LogP) is 1.43. The third kappa shape index (κ3) is 4.94. The highest BCUT2D eigenvalue weighted by Gasteiger charge is 2.34. The van der Waals surface area contributed by atoms with Crippen LogP contribution < -0.4 is 5.32 Å². The second kappa shape index (κ2) is 6.16. The maximum absolute atomic E-state index is 12.0. The van der Waals surface area contributed by atoms with Gasteiger partial charge in [0.25, 0.3) is 0 Å². The van der Waals surface area contributed by atoms with E-state index < -0.39 is 10.0 Å². The number of hydrogen-bond donors (Lipinski definition) is 1. The lowest BCUT2D eigenvalue weighted by Gasteiger charge is -2.24. The number of hydrogen-bond acceptors (Lipinski definition) is 3. The van der Waals surface area contributed by atoms with Crippen molar-refractivity contribution in [2.45, 2.75) is 52.1 Å². The van der Waals surface area contributed by atoms with E-state index in [2.05, 4.69) is 19.2 Å². The lowest BCUT2D eigenvalue weighted by atomic mass is 10.2. The van der Waals surface area contributed by atoms with E-state index in [0.717, 1.165) is 6.54 Å². The third-order valence-corrected chi connectivity index (χ3v) is 5.46. The number of nitrogens with one attached hydrogen (secondary N) is 1. The monoisotopic (exact) mass is 262 g/mol. The lowest BCUT2D eigenvalue weighted by Crippen LogP contribution is -2.38. The summed E-state index contributed by atoms with van der Waals surface area (Å²) in [7, 11) is -1.35. The maximum atomic E-state index is 12.0. The number of nitrogens with zero attached hydrogens (tertiary/aromatic N) is 1. The van der Waals surface area contributed by atoms with Crippen molar-refractivity contribution < 1.29 is 8.42 Å². The molecule has 1 aliphatic carbocycles. The molecule has 0 aromatic carbocycles. The average molecular weight is 262 g/mol. The predicted molar refractivity (Wildman–Crippen MR) is 71.5 cm³/mol. The summed E-state index contributed by atoms with van der Waals surface area (Å²) in [6, 6.07) is 0.582. The molecule has 0 aromatic rings. The Balaban J connectivity index is 2.33. The molecule has 1 fully saturated rings. The van der Waals surface area contributed by atoms with Crippen molar-refractivity contribution in [3.63, 3.8) is 0 Å². The Kier molecular flexibility index (Phi) is 5.41. The van der Waals surface area contributed by atoms with Crippen LogP contribution in [0.3, 0.4) is 0 Å². The molecule has 1 atom stereocenters. The minimum absolute atomic E-state index is 0.165. The van der Waals surface area contributed by atoms with Crippen molar-refractivity contribution >= 4 is 10.0 Å². The van der Waals surface area contributed by atoms with Crippen LogP contribution in [-0.4, -0.2) is 44.2 Å². The van der Waals surface area contributed by atoms with Gasteiger partial charge in [0, 0.05) is 19.1 Å². The van der Waals surface area contributed by atoms with Crippen LogP contribution in [0.2, 0.25) is 0 Å². The Bertz CT molecular complexity index is 323. The highest BCUT2D eigenvalue weighted by Crippen LogP contribution is 2.35. The van der Waals surface area contributed by atoms with Gasteiger partial charge in [0.05, 0.1) is 5.75 Å². The Morgan fingerprint density at radius 3 is 2.35 bits per heavy atom. The first-order valence-electron chi connectivity index (χ1n) is 6.53. The van der Waals surface area contributed by atoms with Gasteiger partial charge >= 0.3 is 0 Å². The first-order chi connectivity index (χ1) is 7.84. The zero-order valence-corrected chi connectivity index (χ0v) is 12.3. The molecule has 17 heavy (non-hydrogen) atoms. The van der Waals surface area contributed by atoms with E-state index in [1.54, 1.807) is 11.4 Å². The molecule has 0 spiro atoms. The van der Waals surface area contributed by atoms with Gasteiger partial charge < -0.3 is 5.32 Å². The van der Waals surface area contributed by atoms with Gasteiger partial charge in [-0.2, -0.15) is 0 Å². The molecule has 1 N–H and O–H groups in total. The van der Waals surface area contributed by atoms with Crippen LogP contribution in [0.4, 0.5) is 0 Å². The van der Waals surface area contributed by atoms with Crippen LogP contribution in [-0.2, 0) is 10.0 Å². The second-order valence-corrected chi connectivity index (χ2v) is 7.52. The van der Waals surface area contributed by atoms with Crippen molar-refractivity contribution in [1.29, 1.82) is 0 Å². The van der Waals surface area contributed by atoms with E-state index >= 15 is 0 Å². The van der Waals surface area contributed by atoms with E-state index in [9.17, 15) is 8.42 Å². The maximum Gasteiger partial charge on any atom is 0.214 e. The molecule has 0 aliphatic heterocycles. The summed E-state index contributed by atoms with van der Waals surface area (Å²) in [4.78, 5) is 0. The molecule has 4 nitrogen and oxygen atoms in total. The van der Waals surface area contributed by atoms with Gasteiger partial charge in [0.2, 0.25) is 10.0 Å². The van der Waals surface area contributed by atoms with Gasteiger partial charge in [0.1, 0.15) is 0 Å². The van der Waals surface area contributed by atoms with Crippen molar-refractivity contribution in [1.82, 2.24) is 9.62 Å². The molecule has 1 saturated carbocycles. The van der Waals surface area contributed by atoms with Gasteiger partial charge in [-0.25, -0.2) is 12.7 Å². The van der Waals surface area contributed by atoms with E-state index in [1.807, 2.05) is 6.92 Å². The van der Waals surface area contributed by atoms with E-state index in [-0.39, 0.29) is 11.8 Å². The zero-order valence-electron chi connectivity index (χ0n) is 11.4. The molecule has 0 aromatic heterocycles. The first-order valence-corrected chi connectivity index (χ1v) is 8.14. The largest absolute Gasteiger partial charge is 0.314 e. The van der Waals surface area contributed by atoms with Crippen LogP contribution in [0.15, 0.2) is 0 Å². The van der Waals surface area contributed by atoms with E-state index in [1.165, 1.54) is 12.8 Å². The van der Waals surface area contributed by atoms with Gasteiger partial charge in [0.15, 0.2) is 0 Å². The summed E-state index contributed by atoms with van der Waals surface area (Å²) in [5.41, 5.74) is 0. The molecule has 0 bridgehead atoms. The quantitative estimate of drug-likeness (QED) is 0.673. The third-order valence-electron chi connectivity index (χ3n) is 3.45. The smallest absolute Gasteiger partial charge is 0.214 e. The summed E-state index contributed by atoms with van der Waals surface area (Å²) >= 11 is 0. The Hall–Kier alpha value is -0.130.